The van der Waals surface area contributed by atoms with E-state index in [-0.39, 0.29) is 17.1 Å². The van der Waals surface area contributed by atoms with E-state index in [9.17, 15) is 14.0 Å². The fourth-order valence-corrected chi connectivity index (χ4v) is 2.69. The molecule has 0 radical (unpaired) electrons. The summed E-state index contributed by atoms with van der Waals surface area (Å²) in [5.41, 5.74) is 1.62. The predicted molar refractivity (Wildman–Crippen MR) is 98.6 cm³/mol. The zero-order valence-electron chi connectivity index (χ0n) is 14.6. The SMILES string of the molecule is C=C1C(=O)N=C(n2nc(C3CC3)cc2NC(=O)c2cccc(F)c2)N=C1C. The van der Waals surface area contributed by atoms with E-state index in [4.69, 9.17) is 0 Å². The zero-order chi connectivity index (χ0) is 19.1. The Morgan fingerprint density at radius 1 is 1.30 bits per heavy atom. The highest BCUT2D eigenvalue weighted by molar-refractivity contribution is 6.28. The lowest BCUT2D eigenvalue weighted by Crippen LogP contribution is -2.25. The number of anilines is 1. The van der Waals surface area contributed by atoms with Gasteiger partial charge in [0.1, 0.15) is 11.6 Å². The van der Waals surface area contributed by atoms with Gasteiger partial charge >= 0.3 is 0 Å². The number of carbonyl (C=O) groups excluding carboxylic acids is 2. The molecule has 2 amide bonds. The number of carbonyl (C=O) groups is 2. The van der Waals surface area contributed by atoms with Crippen LogP contribution in [0.5, 0.6) is 0 Å². The van der Waals surface area contributed by atoms with E-state index in [1.165, 1.54) is 22.9 Å². The molecule has 1 N–H and O–H groups in total. The van der Waals surface area contributed by atoms with Crippen LogP contribution >= 0.6 is 0 Å². The van der Waals surface area contributed by atoms with E-state index in [0.29, 0.717) is 17.4 Å². The molecule has 0 saturated heterocycles. The normalized spacial score (nSPS) is 16.8. The molecule has 4 rings (SSSR count). The molecule has 2 heterocycles. The van der Waals surface area contributed by atoms with E-state index < -0.39 is 17.6 Å². The number of hydrogen-bond acceptors (Lipinski definition) is 4. The first-order chi connectivity index (χ1) is 12.9. The monoisotopic (exact) mass is 365 g/mol. The fourth-order valence-electron chi connectivity index (χ4n) is 2.69. The van der Waals surface area contributed by atoms with Gasteiger partial charge in [-0.25, -0.2) is 9.38 Å². The molecule has 136 valence electrons. The van der Waals surface area contributed by atoms with Crippen molar-refractivity contribution < 1.29 is 14.0 Å². The van der Waals surface area contributed by atoms with Crippen molar-refractivity contribution >= 4 is 29.3 Å². The number of hydrogen-bond donors (Lipinski definition) is 1. The van der Waals surface area contributed by atoms with Crippen molar-refractivity contribution in [1.29, 1.82) is 0 Å². The van der Waals surface area contributed by atoms with Crippen molar-refractivity contribution in [2.45, 2.75) is 25.7 Å². The highest BCUT2D eigenvalue weighted by atomic mass is 19.1. The molecule has 1 saturated carbocycles. The Labute approximate surface area is 154 Å². The maximum Gasteiger partial charge on any atom is 0.281 e. The van der Waals surface area contributed by atoms with Crippen LogP contribution in [0.15, 0.2) is 52.5 Å². The first-order valence-corrected chi connectivity index (χ1v) is 8.47. The average molecular weight is 365 g/mol. The number of aliphatic imine (C=N–C) groups is 2. The molecule has 1 aliphatic heterocycles. The van der Waals surface area contributed by atoms with Crippen LogP contribution in [0.1, 0.15) is 41.7 Å². The summed E-state index contributed by atoms with van der Waals surface area (Å²) in [4.78, 5) is 32.7. The summed E-state index contributed by atoms with van der Waals surface area (Å²) in [5, 5.41) is 7.17. The molecule has 0 bridgehead atoms. The lowest BCUT2D eigenvalue weighted by Gasteiger charge is -2.12. The van der Waals surface area contributed by atoms with Gasteiger partial charge in [0.25, 0.3) is 17.8 Å². The van der Waals surface area contributed by atoms with Crippen molar-refractivity contribution in [3.8, 4) is 0 Å². The van der Waals surface area contributed by atoms with E-state index in [1.54, 1.807) is 13.0 Å². The van der Waals surface area contributed by atoms with Gasteiger partial charge < -0.3 is 5.32 Å². The van der Waals surface area contributed by atoms with E-state index in [1.807, 2.05) is 0 Å². The molecule has 8 heteroatoms. The molecule has 1 aromatic heterocycles. The van der Waals surface area contributed by atoms with Gasteiger partial charge in [-0.05, 0) is 38.0 Å². The Balaban J connectivity index is 1.70. The third kappa shape index (κ3) is 3.33. The molecule has 0 atom stereocenters. The van der Waals surface area contributed by atoms with Gasteiger partial charge in [0.05, 0.1) is 17.0 Å². The predicted octanol–water partition coefficient (Wildman–Crippen LogP) is 2.91. The second-order valence-electron chi connectivity index (χ2n) is 6.50. The molecule has 1 aromatic carbocycles. The third-order valence-corrected chi connectivity index (χ3v) is 4.41. The van der Waals surface area contributed by atoms with Crippen molar-refractivity contribution in [3.05, 3.63) is 59.6 Å². The van der Waals surface area contributed by atoms with Gasteiger partial charge in [0.15, 0.2) is 0 Å². The Bertz CT molecular complexity index is 1050. The molecule has 7 nitrogen and oxygen atoms in total. The first kappa shape index (κ1) is 17.0. The molecule has 2 aromatic rings. The van der Waals surface area contributed by atoms with Crippen LogP contribution in [0, 0.1) is 5.82 Å². The molecule has 0 spiro atoms. The number of amides is 2. The minimum atomic E-state index is -0.504. The van der Waals surface area contributed by atoms with Crippen LogP contribution in [0.4, 0.5) is 10.2 Å². The van der Waals surface area contributed by atoms with Crippen molar-refractivity contribution in [2.75, 3.05) is 5.32 Å². The Morgan fingerprint density at radius 3 is 2.74 bits per heavy atom. The summed E-state index contributed by atoms with van der Waals surface area (Å²) in [6.07, 6.45) is 2.03. The van der Waals surface area contributed by atoms with Gasteiger partial charge in [-0.15, -0.1) is 0 Å². The summed E-state index contributed by atoms with van der Waals surface area (Å²) in [6.45, 7) is 5.30. The molecular weight excluding hydrogens is 349 g/mol. The zero-order valence-corrected chi connectivity index (χ0v) is 14.6. The van der Waals surface area contributed by atoms with Gasteiger partial charge in [-0.3, -0.25) is 9.59 Å². The minimum Gasteiger partial charge on any atom is -0.306 e. The van der Waals surface area contributed by atoms with Crippen LogP contribution < -0.4 is 5.32 Å². The van der Waals surface area contributed by atoms with Gasteiger partial charge in [0.2, 0.25) is 0 Å². The summed E-state index contributed by atoms with van der Waals surface area (Å²) in [6, 6.07) is 7.11. The highest BCUT2D eigenvalue weighted by Crippen LogP contribution is 2.40. The van der Waals surface area contributed by atoms with E-state index in [2.05, 4.69) is 27.0 Å². The van der Waals surface area contributed by atoms with Crippen LogP contribution in [-0.2, 0) is 4.79 Å². The van der Waals surface area contributed by atoms with Gasteiger partial charge in [0, 0.05) is 17.5 Å². The lowest BCUT2D eigenvalue weighted by atomic mass is 10.2. The van der Waals surface area contributed by atoms with Crippen LogP contribution in [0.2, 0.25) is 0 Å². The average Bonchev–Trinajstić information content (AvgIpc) is 3.40. The second kappa shape index (κ2) is 6.39. The maximum absolute atomic E-state index is 13.4. The molecule has 0 unspecified atom stereocenters. The molecular formula is C19H16FN5O2. The third-order valence-electron chi connectivity index (χ3n) is 4.41. The van der Waals surface area contributed by atoms with Crippen LogP contribution in [0.3, 0.4) is 0 Å². The van der Waals surface area contributed by atoms with Crippen LogP contribution in [-0.4, -0.2) is 33.3 Å². The second-order valence-corrected chi connectivity index (χ2v) is 6.50. The van der Waals surface area contributed by atoms with Crippen molar-refractivity contribution in [3.63, 3.8) is 0 Å². The van der Waals surface area contributed by atoms with Crippen LogP contribution in [0.25, 0.3) is 0 Å². The lowest BCUT2D eigenvalue weighted by molar-refractivity contribution is -0.113. The van der Waals surface area contributed by atoms with Gasteiger partial charge in [-0.2, -0.15) is 14.8 Å². The fraction of sp³-hybridized carbons (Fsp3) is 0.211. The summed E-state index contributed by atoms with van der Waals surface area (Å²) >= 11 is 0. The Hall–Kier alpha value is -3.42. The summed E-state index contributed by atoms with van der Waals surface area (Å²) in [5.74, 6) is -0.797. The minimum absolute atomic E-state index is 0.0614. The topological polar surface area (TPSA) is 88.7 Å². The largest absolute Gasteiger partial charge is 0.306 e. The number of nitrogens with one attached hydrogen (secondary N) is 1. The first-order valence-electron chi connectivity index (χ1n) is 8.47. The van der Waals surface area contributed by atoms with Crippen molar-refractivity contribution in [1.82, 2.24) is 9.78 Å². The Morgan fingerprint density at radius 2 is 2.07 bits per heavy atom. The molecule has 1 fully saturated rings. The molecule has 27 heavy (non-hydrogen) atoms. The van der Waals surface area contributed by atoms with Gasteiger partial charge in [-0.1, -0.05) is 12.6 Å². The quantitative estimate of drug-likeness (QED) is 0.848. The number of nitrogens with zero attached hydrogens (tertiary/aromatic N) is 4. The highest BCUT2D eigenvalue weighted by Gasteiger charge is 2.29. The van der Waals surface area contributed by atoms with E-state index >= 15 is 0 Å². The number of aromatic nitrogens is 2. The summed E-state index contributed by atoms with van der Waals surface area (Å²) in [7, 11) is 0. The van der Waals surface area contributed by atoms with E-state index in [0.717, 1.165) is 24.6 Å². The Kier molecular flexibility index (Phi) is 4.02. The molecule has 2 aliphatic rings. The number of benzene rings is 1. The number of rotatable bonds is 3. The smallest absolute Gasteiger partial charge is 0.281 e. The maximum atomic E-state index is 13.4. The number of halogens is 1. The summed E-state index contributed by atoms with van der Waals surface area (Å²) < 4.78 is 14.7. The molecule has 1 aliphatic carbocycles. The van der Waals surface area contributed by atoms with Crippen molar-refractivity contribution in [2.24, 2.45) is 9.98 Å². The standard InChI is InChI=1S/C19H16FN5O2/c1-10-11(2)21-19(23-17(10)26)25-16(9-15(24-25)12-6-7-12)22-18(27)13-4-3-5-14(20)8-13/h3-5,8-9,12H,1,6-7H2,2H3,(H,22,27).